The van der Waals surface area contributed by atoms with E-state index < -0.39 is 0 Å². The lowest BCUT2D eigenvalue weighted by molar-refractivity contribution is 0.00614. The second-order valence-corrected chi connectivity index (χ2v) is 5.84. The average molecular weight is 263 g/mol. The van der Waals surface area contributed by atoms with Crippen molar-refractivity contribution in [2.75, 3.05) is 26.3 Å². The maximum Gasteiger partial charge on any atom is 0.0900 e. The molecule has 0 spiro atoms. The molecule has 1 heterocycles. The molecule has 0 aromatic heterocycles. The highest BCUT2D eigenvalue weighted by molar-refractivity contribution is 5.29. The van der Waals surface area contributed by atoms with Crippen LogP contribution in [-0.2, 0) is 17.7 Å². The fourth-order valence-corrected chi connectivity index (χ4v) is 2.50. The topological polar surface area (TPSA) is 32.7 Å². The fourth-order valence-electron chi connectivity index (χ4n) is 2.50. The van der Waals surface area contributed by atoms with Crippen molar-refractivity contribution >= 4 is 0 Å². The Morgan fingerprint density at radius 1 is 1.21 bits per heavy atom. The molecule has 1 aliphatic heterocycles. The minimum Gasteiger partial charge on any atom is -0.389 e. The second kappa shape index (κ2) is 7.04. The van der Waals surface area contributed by atoms with Crippen molar-refractivity contribution in [1.82, 2.24) is 4.90 Å². The Labute approximate surface area is 116 Å². The molecule has 3 heteroatoms. The number of β-amino-alcohol motifs (C(OH)–C–C–N with tert-alkyl or cyclic N) is 1. The fraction of sp³-hybridized carbons (Fsp3) is 0.625. The zero-order chi connectivity index (χ0) is 13.7. The van der Waals surface area contributed by atoms with E-state index in [1.165, 1.54) is 11.1 Å². The van der Waals surface area contributed by atoms with Gasteiger partial charge in [0.2, 0.25) is 0 Å². The first-order chi connectivity index (χ1) is 9.15. The molecular formula is C16H25NO2. The number of benzene rings is 1. The van der Waals surface area contributed by atoms with Crippen molar-refractivity contribution in [1.29, 1.82) is 0 Å². The van der Waals surface area contributed by atoms with Gasteiger partial charge in [-0.3, -0.25) is 4.90 Å². The highest BCUT2D eigenvalue weighted by Crippen LogP contribution is 2.18. The predicted octanol–water partition coefficient (Wildman–Crippen LogP) is 2.08. The third kappa shape index (κ3) is 4.60. The van der Waals surface area contributed by atoms with Gasteiger partial charge in [-0.2, -0.15) is 0 Å². The number of aliphatic hydroxyl groups excluding tert-OH is 1. The molecular weight excluding hydrogens is 238 g/mol. The van der Waals surface area contributed by atoms with Gasteiger partial charge in [0.25, 0.3) is 0 Å². The smallest absolute Gasteiger partial charge is 0.0900 e. The van der Waals surface area contributed by atoms with E-state index in [9.17, 15) is 5.11 Å². The third-order valence-electron chi connectivity index (χ3n) is 3.44. The lowest BCUT2D eigenvalue weighted by Gasteiger charge is -2.30. The molecule has 0 saturated carbocycles. The Hall–Kier alpha value is -0.900. The number of ether oxygens (including phenoxy) is 1. The van der Waals surface area contributed by atoms with Gasteiger partial charge in [0.05, 0.1) is 12.7 Å². The van der Waals surface area contributed by atoms with E-state index in [-0.39, 0.29) is 6.10 Å². The summed E-state index contributed by atoms with van der Waals surface area (Å²) < 4.78 is 5.49. The number of aliphatic hydroxyl groups is 1. The van der Waals surface area contributed by atoms with Crippen LogP contribution in [0.15, 0.2) is 24.3 Å². The first-order valence-corrected chi connectivity index (χ1v) is 7.20. The van der Waals surface area contributed by atoms with Crippen LogP contribution in [0.1, 0.15) is 25.0 Å². The summed E-state index contributed by atoms with van der Waals surface area (Å²) in [5.74, 6) is 0.522. The molecule has 0 saturated heterocycles. The van der Waals surface area contributed by atoms with Crippen LogP contribution in [0.4, 0.5) is 0 Å². The molecule has 1 unspecified atom stereocenters. The van der Waals surface area contributed by atoms with Crippen LogP contribution in [0.2, 0.25) is 0 Å². The highest BCUT2D eigenvalue weighted by atomic mass is 16.5. The van der Waals surface area contributed by atoms with E-state index in [2.05, 4.69) is 43.0 Å². The van der Waals surface area contributed by atoms with Crippen LogP contribution in [0.25, 0.3) is 0 Å². The largest absolute Gasteiger partial charge is 0.389 e. The summed E-state index contributed by atoms with van der Waals surface area (Å²) in [6.07, 6.45) is 0.694. The second-order valence-electron chi connectivity index (χ2n) is 5.84. The number of hydrogen-bond acceptors (Lipinski definition) is 3. The van der Waals surface area contributed by atoms with Gasteiger partial charge >= 0.3 is 0 Å². The number of nitrogens with zero attached hydrogens (tertiary/aromatic N) is 1. The summed E-state index contributed by atoms with van der Waals surface area (Å²) in [7, 11) is 0. The monoisotopic (exact) mass is 263 g/mol. The Morgan fingerprint density at radius 2 is 1.95 bits per heavy atom. The summed E-state index contributed by atoms with van der Waals surface area (Å²) in [6.45, 7) is 8.07. The first kappa shape index (κ1) is 14.5. The van der Waals surface area contributed by atoms with E-state index in [0.717, 1.165) is 26.1 Å². The first-order valence-electron chi connectivity index (χ1n) is 7.20. The molecule has 1 aromatic carbocycles. The number of fused-ring (bicyclic) bond motifs is 1. The van der Waals surface area contributed by atoms with Crippen molar-refractivity contribution < 1.29 is 9.84 Å². The van der Waals surface area contributed by atoms with Gasteiger partial charge in [-0.05, 0) is 23.5 Å². The van der Waals surface area contributed by atoms with E-state index in [0.29, 0.717) is 19.1 Å². The van der Waals surface area contributed by atoms with E-state index in [4.69, 9.17) is 4.74 Å². The van der Waals surface area contributed by atoms with Gasteiger partial charge in [-0.1, -0.05) is 38.1 Å². The Morgan fingerprint density at radius 3 is 2.68 bits per heavy atom. The van der Waals surface area contributed by atoms with Crippen LogP contribution in [0.3, 0.4) is 0 Å². The van der Waals surface area contributed by atoms with Crippen LogP contribution < -0.4 is 0 Å². The molecule has 0 radical (unpaired) electrons. The number of rotatable bonds is 6. The zero-order valence-corrected chi connectivity index (χ0v) is 12.0. The molecule has 106 valence electrons. The normalized spacial score (nSPS) is 17.5. The van der Waals surface area contributed by atoms with Gasteiger partial charge in [0.1, 0.15) is 0 Å². The molecule has 2 rings (SSSR count). The van der Waals surface area contributed by atoms with Crippen LogP contribution in [0, 0.1) is 5.92 Å². The number of hydrogen-bond donors (Lipinski definition) is 1. The Kier molecular flexibility index (Phi) is 5.37. The van der Waals surface area contributed by atoms with Gasteiger partial charge in [-0.25, -0.2) is 0 Å². The molecule has 0 bridgehead atoms. The van der Waals surface area contributed by atoms with Crippen molar-refractivity contribution in [3.05, 3.63) is 35.4 Å². The molecule has 19 heavy (non-hydrogen) atoms. The molecule has 1 aliphatic rings. The molecule has 3 nitrogen and oxygen atoms in total. The summed E-state index contributed by atoms with van der Waals surface area (Å²) >= 11 is 0. The predicted molar refractivity (Wildman–Crippen MR) is 77.1 cm³/mol. The van der Waals surface area contributed by atoms with E-state index >= 15 is 0 Å². The van der Waals surface area contributed by atoms with Gasteiger partial charge in [-0.15, -0.1) is 0 Å². The zero-order valence-electron chi connectivity index (χ0n) is 12.0. The summed E-state index contributed by atoms with van der Waals surface area (Å²) in [4.78, 5) is 2.31. The van der Waals surface area contributed by atoms with Gasteiger partial charge in [0.15, 0.2) is 0 Å². The Bertz CT molecular complexity index is 392. The van der Waals surface area contributed by atoms with Crippen LogP contribution in [-0.4, -0.2) is 42.4 Å². The Balaban J connectivity index is 1.75. The van der Waals surface area contributed by atoms with Crippen molar-refractivity contribution in [2.24, 2.45) is 5.92 Å². The third-order valence-corrected chi connectivity index (χ3v) is 3.44. The molecule has 0 fully saturated rings. The van der Waals surface area contributed by atoms with Crippen molar-refractivity contribution in [2.45, 2.75) is 32.9 Å². The maximum atomic E-state index is 10.00. The SMILES string of the molecule is CC(C)COCC(O)CN1CCc2ccccc2C1. The minimum atomic E-state index is -0.385. The molecule has 1 atom stereocenters. The van der Waals surface area contributed by atoms with E-state index in [1.54, 1.807) is 0 Å². The van der Waals surface area contributed by atoms with Crippen LogP contribution in [0.5, 0.6) is 0 Å². The summed E-state index contributed by atoms with van der Waals surface area (Å²) in [6, 6.07) is 8.57. The van der Waals surface area contributed by atoms with Crippen molar-refractivity contribution in [3.8, 4) is 0 Å². The average Bonchev–Trinajstić information content (AvgIpc) is 2.38. The highest BCUT2D eigenvalue weighted by Gasteiger charge is 2.18. The lowest BCUT2D eigenvalue weighted by Crippen LogP contribution is -2.38. The molecule has 0 amide bonds. The maximum absolute atomic E-state index is 10.00. The minimum absolute atomic E-state index is 0.385. The van der Waals surface area contributed by atoms with Gasteiger partial charge in [0, 0.05) is 26.2 Å². The molecule has 0 aliphatic carbocycles. The van der Waals surface area contributed by atoms with E-state index in [1.807, 2.05) is 0 Å². The van der Waals surface area contributed by atoms with Gasteiger partial charge < -0.3 is 9.84 Å². The standard InChI is InChI=1S/C16H25NO2/c1-13(2)11-19-12-16(18)10-17-8-7-14-5-3-4-6-15(14)9-17/h3-6,13,16,18H,7-12H2,1-2H3. The molecule has 1 N–H and O–H groups in total. The summed E-state index contributed by atoms with van der Waals surface area (Å²) in [5.41, 5.74) is 2.84. The van der Waals surface area contributed by atoms with Crippen LogP contribution >= 0.6 is 0 Å². The summed E-state index contributed by atoms with van der Waals surface area (Å²) in [5, 5.41) is 10.00. The quantitative estimate of drug-likeness (QED) is 0.853. The molecule has 1 aromatic rings. The lowest BCUT2D eigenvalue weighted by atomic mass is 10.00. The van der Waals surface area contributed by atoms with Crippen molar-refractivity contribution in [3.63, 3.8) is 0 Å².